The van der Waals surface area contributed by atoms with Gasteiger partial charge in [-0.2, -0.15) is 5.11 Å². The number of aliphatic imine (C=N–C) groups is 1. The summed E-state index contributed by atoms with van der Waals surface area (Å²) in [4.78, 5) is 16.6. The summed E-state index contributed by atoms with van der Waals surface area (Å²) in [6.07, 6.45) is -0.00200. The number of sulfonamides is 2. The number of nitrogens with zero attached hydrogens (tertiary/aromatic N) is 4. The number of primary sulfonamides is 1. The van der Waals surface area contributed by atoms with Gasteiger partial charge in [0.2, 0.25) is 20.0 Å². The summed E-state index contributed by atoms with van der Waals surface area (Å²) >= 11 is 0. The first-order valence-corrected chi connectivity index (χ1v) is 13.0. The lowest BCUT2D eigenvalue weighted by Gasteiger charge is -2.32. The molecule has 2 atom stereocenters. The van der Waals surface area contributed by atoms with Crippen LogP contribution in [0.1, 0.15) is 24.8 Å². The van der Waals surface area contributed by atoms with Gasteiger partial charge in [-0.1, -0.05) is 0 Å². The highest BCUT2D eigenvalue weighted by atomic mass is 32.2. The minimum absolute atomic E-state index is 0.0406. The first-order chi connectivity index (χ1) is 15.1. The molecule has 0 bridgehead atoms. The zero-order chi connectivity index (χ0) is 23.1. The van der Waals surface area contributed by atoms with Crippen LogP contribution in [0.4, 0.5) is 5.69 Å². The minimum atomic E-state index is -4.63. The molecular weight excluding hydrogens is 462 g/mol. The number of benzene rings is 1. The number of azo groups is 1. The first-order valence-electron chi connectivity index (χ1n) is 9.94. The average Bonchev–Trinajstić information content (AvgIpc) is 3.42. The SMILES string of the molecule is NS(=O)(=O)c1c(S(=O)(=O)N[C@@H]2CCNC2)ccc(N2CCCC(O)C2=O)c1C1=NCN=N1. The molecule has 13 nitrogen and oxygen atoms in total. The predicted molar refractivity (Wildman–Crippen MR) is 113 cm³/mol. The van der Waals surface area contributed by atoms with E-state index in [9.17, 15) is 26.7 Å². The summed E-state index contributed by atoms with van der Waals surface area (Å²) < 4.78 is 54.2. The van der Waals surface area contributed by atoms with Gasteiger partial charge in [0.15, 0.2) is 12.5 Å². The Morgan fingerprint density at radius 2 is 2.00 bits per heavy atom. The predicted octanol–water partition coefficient (Wildman–Crippen LogP) is -1.37. The number of aliphatic hydroxyl groups excluding tert-OH is 1. The van der Waals surface area contributed by atoms with Gasteiger partial charge < -0.3 is 15.3 Å². The average molecular weight is 486 g/mol. The molecule has 1 aromatic rings. The number of nitrogens with two attached hydrogens (primary N) is 1. The molecule has 0 radical (unpaired) electrons. The number of piperidine rings is 1. The molecule has 1 unspecified atom stereocenters. The van der Waals surface area contributed by atoms with E-state index >= 15 is 0 Å². The van der Waals surface area contributed by atoms with E-state index in [1.54, 1.807) is 0 Å². The minimum Gasteiger partial charge on any atom is -0.383 e. The van der Waals surface area contributed by atoms with E-state index in [1.807, 2.05) is 0 Å². The number of amidine groups is 1. The van der Waals surface area contributed by atoms with Gasteiger partial charge in [-0.25, -0.2) is 31.7 Å². The molecule has 3 aliphatic heterocycles. The van der Waals surface area contributed by atoms with Gasteiger partial charge in [0, 0.05) is 19.1 Å². The van der Waals surface area contributed by atoms with Crippen molar-refractivity contribution < 1.29 is 26.7 Å². The van der Waals surface area contributed by atoms with Gasteiger partial charge in [0.25, 0.3) is 5.91 Å². The Hall–Kier alpha value is -2.30. The number of aliphatic hydroxyl groups is 1. The van der Waals surface area contributed by atoms with Crippen LogP contribution in [0.3, 0.4) is 0 Å². The van der Waals surface area contributed by atoms with Gasteiger partial charge in [-0.15, -0.1) is 5.11 Å². The molecule has 0 aromatic heterocycles. The molecule has 3 aliphatic rings. The normalized spacial score (nSPS) is 24.2. The van der Waals surface area contributed by atoms with Gasteiger partial charge in [-0.05, 0) is 37.9 Å². The summed E-state index contributed by atoms with van der Waals surface area (Å²) in [6.45, 7) is 1.12. The molecule has 0 saturated carbocycles. The molecule has 0 spiro atoms. The van der Waals surface area contributed by atoms with Crippen LogP contribution in [0.15, 0.2) is 37.1 Å². The van der Waals surface area contributed by atoms with Crippen molar-refractivity contribution in [1.82, 2.24) is 10.0 Å². The molecular formula is C17H23N7O6S2. The van der Waals surface area contributed by atoms with Crippen LogP contribution < -0.4 is 20.1 Å². The largest absolute Gasteiger partial charge is 0.383 e. The zero-order valence-electron chi connectivity index (χ0n) is 16.9. The molecule has 5 N–H and O–H groups in total. The number of amides is 1. The van der Waals surface area contributed by atoms with Gasteiger partial charge in [0.1, 0.15) is 15.9 Å². The molecule has 15 heteroatoms. The van der Waals surface area contributed by atoms with Crippen molar-refractivity contribution in [3.63, 3.8) is 0 Å². The van der Waals surface area contributed by atoms with E-state index in [-0.39, 0.29) is 36.7 Å². The van der Waals surface area contributed by atoms with E-state index in [0.29, 0.717) is 25.9 Å². The van der Waals surface area contributed by atoms with Crippen molar-refractivity contribution in [2.24, 2.45) is 20.4 Å². The van der Waals surface area contributed by atoms with Crippen molar-refractivity contribution in [3.8, 4) is 0 Å². The fourth-order valence-electron chi connectivity index (χ4n) is 3.98. The lowest BCUT2D eigenvalue weighted by atomic mass is 10.0. The van der Waals surface area contributed by atoms with Crippen LogP contribution in [0, 0.1) is 0 Å². The highest BCUT2D eigenvalue weighted by Crippen LogP contribution is 2.35. The summed E-state index contributed by atoms with van der Waals surface area (Å²) in [5, 5.41) is 26.1. The molecule has 2 saturated heterocycles. The Kier molecular flexibility index (Phi) is 6.12. The molecule has 1 amide bonds. The maximum Gasteiger partial charge on any atom is 0.255 e. The molecule has 32 heavy (non-hydrogen) atoms. The Balaban J connectivity index is 1.94. The highest BCUT2D eigenvalue weighted by molar-refractivity contribution is 7.92. The third kappa shape index (κ3) is 4.31. The van der Waals surface area contributed by atoms with Crippen LogP contribution in [0.2, 0.25) is 0 Å². The summed E-state index contributed by atoms with van der Waals surface area (Å²) in [5.74, 6) is -0.796. The van der Waals surface area contributed by atoms with E-state index in [0.717, 1.165) is 6.07 Å². The molecule has 3 heterocycles. The number of rotatable bonds is 6. The summed E-state index contributed by atoms with van der Waals surface area (Å²) in [5.41, 5.74) is -0.192. The van der Waals surface area contributed by atoms with Gasteiger partial charge in [0.05, 0.1) is 11.3 Å². The second-order valence-electron chi connectivity index (χ2n) is 7.66. The van der Waals surface area contributed by atoms with Crippen molar-refractivity contribution >= 4 is 37.5 Å². The maximum atomic E-state index is 13.2. The van der Waals surface area contributed by atoms with Crippen LogP contribution in [-0.2, 0) is 24.8 Å². The topological polar surface area (TPSA) is 196 Å². The smallest absolute Gasteiger partial charge is 0.255 e. The lowest BCUT2D eigenvalue weighted by Crippen LogP contribution is -2.45. The second kappa shape index (κ2) is 8.57. The fraction of sp³-hybridized carbons (Fsp3) is 0.529. The molecule has 4 rings (SSSR count). The van der Waals surface area contributed by atoms with Crippen molar-refractivity contribution in [2.45, 2.75) is 41.2 Å². The van der Waals surface area contributed by atoms with Gasteiger partial charge in [-0.3, -0.25) is 4.79 Å². The van der Waals surface area contributed by atoms with Crippen LogP contribution >= 0.6 is 0 Å². The molecule has 0 aliphatic carbocycles. The Morgan fingerprint density at radius 3 is 2.62 bits per heavy atom. The highest BCUT2D eigenvalue weighted by Gasteiger charge is 2.37. The molecule has 2 fully saturated rings. The Bertz CT molecular complexity index is 1210. The molecule has 1 aromatic carbocycles. The van der Waals surface area contributed by atoms with Crippen molar-refractivity contribution in [2.75, 3.05) is 31.2 Å². The quantitative estimate of drug-likeness (QED) is 0.381. The van der Waals surface area contributed by atoms with Crippen LogP contribution in [0.5, 0.6) is 0 Å². The summed E-state index contributed by atoms with van der Waals surface area (Å²) in [6, 6.07) is 1.97. The van der Waals surface area contributed by atoms with Crippen molar-refractivity contribution in [3.05, 3.63) is 17.7 Å². The van der Waals surface area contributed by atoms with E-state index in [4.69, 9.17) is 5.14 Å². The van der Waals surface area contributed by atoms with Crippen LogP contribution in [-0.4, -0.2) is 72.1 Å². The number of hydrogen-bond acceptors (Lipinski definition) is 10. The fourth-order valence-corrected chi connectivity index (χ4v) is 6.85. The lowest BCUT2D eigenvalue weighted by molar-refractivity contribution is -0.128. The van der Waals surface area contributed by atoms with Gasteiger partial charge >= 0.3 is 0 Å². The zero-order valence-corrected chi connectivity index (χ0v) is 18.6. The maximum absolute atomic E-state index is 13.2. The number of anilines is 1. The van der Waals surface area contributed by atoms with Crippen molar-refractivity contribution in [1.29, 1.82) is 0 Å². The second-order valence-corrected chi connectivity index (χ2v) is 10.8. The third-order valence-corrected chi connectivity index (χ3v) is 8.11. The van der Waals surface area contributed by atoms with Crippen LogP contribution in [0.25, 0.3) is 0 Å². The Labute approximate surface area is 184 Å². The first kappa shape index (κ1) is 22.9. The van der Waals surface area contributed by atoms with E-state index < -0.39 is 47.9 Å². The third-order valence-electron chi connectivity index (χ3n) is 5.43. The Morgan fingerprint density at radius 1 is 1.22 bits per heavy atom. The number of carbonyl (C=O) groups is 1. The number of hydrogen-bond donors (Lipinski definition) is 4. The number of carbonyl (C=O) groups excluding carboxylic acids is 1. The summed E-state index contributed by atoms with van der Waals surface area (Å²) in [7, 11) is -8.94. The standard InChI is InChI=1S/C17H23N7O6S2/c18-31(27,28)15-13(32(29,30)23-10-5-6-19-8-10)4-3-11(14(15)16-20-9-21-22-16)24-7-1-2-12(25)17(24)26/h3-4,10,12,19,23,25H,1-2,5-9H2,(H2,18,27,28)/t10-,12?/m1/s1. The molecule has 174 valence electrons. The van der Waals surface area contributed by atoms with E-state index in [2.05, 4.69) is 25.3 Å². The monoisotopic (exact) mass is 485 g/mol. The van der Waals surface area contributed by atoms with E-state index in [1.165, 1.54) is 11.0 Å². The number of nitrogens with one attached hydrogen (secondary N) is 2.